The Kier molecular flexibility index (Phi) is 2.75. The Morgan fingerprint density at radius 2 is 2.00 bits per heavy atom. The van der Waals surface area contributed by atoms with E-state index in [0.717, 1.165) is 5.56 Å². The van der Waals surface area contributed by atoms with Crippen LogP contribution >= 0.6 is 0 Å². The van der Waals surface area contributed by atoms with E-state index in [-0.39, 0.29) is 5.82 Å². The average molecular weight is 235 g/mol. The molecule has 1 heterocycles. The molecule has 0 aliphatic carbocycles. The molecule has 0 radical (unpaired) electrons. The Morgan fingerprint density at radius 1 is 1.29 bits per heavy atom. The van der Waals surface area contributed by atoms with Crippen molar-refractivity contribution in [1.82, 2.24) is 10.2 Å². The highest BCUT2D eigenvalue weighted by Crippen LogP contribution is 2.34. The van der Waals surface area contributed by atoms with Crippen LogP contribution in [0.5, 0.6) is 5.75 Å². The fourth-order valence-electron chi connectivity index (χ4n) is 1.92. The number of methoxy groups -OCH3 is 1. The van der Waals surface area contributed by atoms with Gasteiger partial charge in [0.05, 0.1) is 12.8 Å². The van der Waals surface area contributed by atoms with Gasteiger partial charge in [0.15, 0.2) is 0 Å². The monoisotopic (exact) mass is 235 g/mol. The maximum Gasteiger partial charge on any atom is 0.145 e. The number of aromatic nitrogens is 2. The minimum absolute atomic E-state index is 0.310. The molecule has 1 aromatic carbocycles. The SMILES string of the molecule is COc1c(C)c(F)cc(-c2cc(N)n[nH]2)c1C. The van der Waals surface area contributed by atoms with Gasteiger partial charge in [-0.15, -0.1) is 0 Å². The molecule has 90 valence electrons. The maximum absolute atomic E-state index is 13.8. The van der Waals surface area contributed by atoms with Crippen molar-refractivity contribution in [1.29, 1.82) is 0 Å². The predicted molar refractivity (Wildman–Crippen MR) is 64.4 cm³/mol. The molecular weight excluding hydrogens is 221 g/mol. The number of rotatable bonds is 2. The number of halogens is 1. The third kappa shape index (κ3) is 1.84. The molecule has 17 heavy (non-hydrogen) atoms. The van der Waals surface area contributed by atoms with Crippen molar-refractivity contribution in [2.75, 3.05) is 12.8 Å². The van der Waals surface area contributed by atoms with E-state index in [1.807, 2.05) is 6.92 Å². The van der Waals surface area contributed by atoms with Gasteiger partial charge in [0.25, 0.3) is 0 Å². The fraction of sp³-hybridized carbons (Fsp3) is 0.250. The third-order valence-corrected chi connectivity index (χ3v) is 2.81. The largest absolute Gasteiger partial charge is 0.496 e. The van der Waals surface area contributed by atoms with Gasteiger partial charge in [-0.1, -0.05) is 0 Å². The molecule has 0 unspecified atom stereocenters. The van der Waals surface area contributed by atoms with Crippen LogP contribution in [0.3, 0.4) is 0 Å². The molecule has 0 aliphatic rings. The number of aromatic amines is 1. The zero-order valence-electron chi connectivity index (χ0n) is 9.97. The molecule has 0 bridgehead atoms. The predicted octanol–water partition coefficient (Wildman–Crippen LogP) is 2.42. The molecule has 0 spiro atoms. The lowest BCUT2D eigenvalue weighted by atomic mass is 10.0. The minimum Gasteiger partial charge on any atom is -0.496 e. The van der Waals surface area contributed by atoms with E-state index in [4.69, 9.17) is 10.5 Å². The van der Waals surface area contributed by atoms with Crippen molar-refractivity contribution in [3.05, 3.63) is 29.1 Å². The van der Waals surface area contributed by atoms with Gasteiger partial charge >= 0.3 is 0 Å². The minimum atomic E-state index is -0.310. The van der Waals surface area contributed by atoms with Crippen LogP contribution in [0.2, 0.25) is 0 Å². The van der Waals surface area contributed by atoms with Gasteiger partial charge in [0, 0.05) is 22.8 Å². The number of nitrogens with zero attached hydrogens (tertiary/aromatic N) is 1. The summed E-state index contributed by atoms with van der Waals surface area (Å²) in [5.74, 6) is 0.614. The van der Waals surface area contributed by atoms with Crippen LogP contribution in [0.25, 0.3) is 11.3 Å². The quantitative estimate of drug-likeness (QED) is 0.840. The fourth-order valence-corrected chi connectivity index (χ4v) is 1.92. The molecule has 2 aromatic rings. The number of nitrogens with two attached hydrogens (primary N) is 1. The molecule has 0 atom stereocenters. The van der Waals surface area contributed by atoms with Crippen LogP contribution in [0.1, 0.15) is 11.1 Å². The summed E-state index contributed by atoms with van der Waals surface area (Å²) in [5, 5.41) is 6.59. The van der Waals surface area contributed by atoms with E-state index in [1.165, 1.54) is 13.2 Å². The van der Waals surface area contributed by atoms with Crippen molar-refractivity contribution in [3.8, 4) is 17.0 Å². The van der Waals surface area contributed by atoms with E-state index < -0.39 is 0 Å². The van der Waals surface area contributed by atoms with E-state index in [9.17, 15) is 4.39 Å². The number of ether oxygens (including phenoxy) is 1. The summed E-state index contributed by atoms with van der Waals surface area (Å²) in [4.78, 5) is 0. The molecule has 2 rings (SSSR count). The lowest BCUT2D eigenvalue weighted by molar-refractivity contribution is 0.404. The second-order valence-electron chi connectivity index (χ2n) is 3.90. The Hall–Kier alpha value is -2.04. The Morgan fingerprint density at radius 3 is 2.53 bits per heavy atom. The number of nitrogens with one attached hydrogen (secondary N) is 1. The van der Waals surface area contributed by atoms with Gasteiger partial charge in [-0.05, 0) is 19.9 Å². The first-order chi connectivity index (χ1) is 8.04. The summed E-state index contributed by atoms with van der Waals surface area (Å²) >= 11 is 0. The highest BCUT2D eigenvalue weighted by molar-refractivity contribution is 5.69. The van der Waals surface area contributed by atoms with Crippen molar-refractivity contribution in [2.24, 2.45) is 0 Å². The normalized spacial score (nSPS) is 10.6. The van der Waals surface area contributed by atoms with Crippen LogP contribution in [0, 0.1) is 19.7 Å². The van der Waals surface area contributed by atoms with Crippen molar-refractivity contribution in [2.45, 2.75) is 13.8 Å². The molecule has 0 fully saturated rings. The Bertz CT molecular complexity index is 563. The highest BCUT2D eigenvalue weighted by atomic mass is 19.1. The van der Waals surface area contributed by atoms with E-state index in [0.29, 0.717) is 28.4 Å². The van der Waals surface area contributed by atoms with Gasteiger partial charge in [0.2, 0.25) is 0 Å². The van der Waals surface area contributed by atoms with Gasteiger partial charge in [-0.2, -0.15) is 5.10 Å². The first-order valence-corrected chi connectivity index (χ1v) is 5.19. The molecule has 0 amide bonds. The Labute approximate surface area is 98.6 Å². The van der Waals surface area contributed by atoms with E-state index in [1.54, 1.807) is 13.0 Å². The summed E-state index contributed by atoms with van der Waals surface area (Å²) in [7, 11) is 1.53. The van der Waals surface area contributed by atoms with Gasteiger partial charge < -0.3 is 10.5 Å². The van der Waals surface area contributed by atoms with Crippen LogP contribution < -0.4 is 10.5 Å². The summed E-state index contributed by atoms with van der Waals surface area (Å²) < 4.78 is 19.0. The molecule has 4 nitrogen and oxygen atoms in total. The molecular formula is C12H14FN3O. The number of hydrogen-bond acceptors (Lipinski definition) is 3. The number of nitrogen functional groups attached to an aromatic ring is 1. The maximum atomic E-state index is 13.8. The summed E-state index contributed by atoms with van der Waals surface area (Å²) in [6.07, 6.45) is 0. The summed E-state index contributed by atoms with van der Waals surface area (Å²) in [5.41, 5.74) is 8.28. The Balaban J connectivity index is 2.67. The van der Waals surface area contributed by atoms with E-state index in [2.05, 4.69) is 10.2 Å². The molecule has 0 saturated heterocycles. The lowest BCUT2D eigenvalue weighted by Gasteiger charge is -2.13. The number of benzene rings is 1. The number of H-pyrrole nitrogens is 1. The number of hydrogen-bond donors (Lipinski definition) is 2. The van der Waals surface area contributed by atoms with Crippen molar-refractivity contribution in [3.63, 3.8) is 0 Å². The first kappa shape index (κ1) is 11.4. The molecule has 3 N–H and O–H groups in total. The average Bonchev–Trinajstić information content (AvgIpc) is 2.71. The van der Waals surface area contributed by atoms with Crippen LogP contribution in [0.4, 0.5) is 10.2 Å². The smallest absolute Gasteiger partial charge is 0.145 e. The summed E-state index contributed by atoms with van der Waals surface area (Å²) in [6.45, 7) is 3.56. The highest BCUT2D eigenvalue weighted by Gasteiger charge is 2.15. The lowest BCUT2D eigenvalue weighted by Crippen LogP contribution is -1.97. The van der Waals surface area contributed by atoms with Gasteiger partial charge in [0.1, 0.15) is 17.4 Å². The molecule has 1 aromatic heterocycles. The van der Waals surface area contributed by atoms with Crippen LogP contribution in [-0.4, -0.2) is 17.3 Å². The van der Waals surface area contributed by atoms with Gasteiger partial charge in [-0.25, -0.2) is 4.39 Å². The molecule has 0 saturated carbocycles. The van der Waals surface area contributed by atoms with Crippen molar-refractivity contribution < 1.29 is 9.13 Å². The van der Waals surface area contributed by atoms with E-state index >= 15 is 0 Å². The topological polar surface area (TPSA) is 63.9 Å². The first-order valence-electron chi connectivity index (χ1n) is 5.19. The third-order valence-electron chi connectivity index (χ3n) is 2.81. The van der Waals surface area contributed by atoms with Crippen molar-refractivity contribution >= 4 is 5.82 Å². The number of anilines is 1. The zero-order valence-corrected chi connectivity index (χ0v) is 9.97. The summed E-state index contributed by atoms with van der Waals surface area (Å²) in [6, 6.07) is 3.12. The van der Waals surface area contributed by atoms with Gasteiger partial charge in [-0.3, -0.25) is 5.10 Å². The second kappa shape index (κ2) is 4.08. The molecule has 0 aliphatic heterocycles. The zero-order chi connectivity index (χ0) is 12.6. The van der Waals surface area contributed by atoms with Crippen LogP contribution in [0.15, 0.2) is 12.1 Å². The molecule has 5 heteroatoms. The second-order valence-corrected chi connectivity index (χ2v) is 3.90. The standard InChI is InChI=1S/C12H14FN3O/c1-6-8(10-5-11(14)16-15-10)4-9(13)7(2)12(6)17-3/h4-5H,1-3H3,(H3,14,15,16). The van der Waals surface area contributed by atoms with Crippen LogP contribution in [-0.2, 0) is 0 Å².